The van der Waals surface area contributed by atoms with Crippen molar-refractivity contribution in [2.24, 2.45) is 5.73 Å². The smallest absolute Gasteiger partial charge is 0.358 e. The van der Waals surface area contributed by atoms with Gasteiger partial charge in [-0.05, 0) is 18.7 Å². The second-order valence-electron chi connectivity index (χ2n) is 4.30. The Labute approximate surface area is 120 Å². The van der Waals surface area contributed by atoms with Crippen LogP contribution in [0.5, 0.6) is 0 Å². The van der Waals surface area contributed by atoms with Crippen LogP contribution in [0.15, 0.2) is 30.3 Å². The lowest BCUT2D eigenvalue weighted by Gasteiger charge is -2.07. The molecule has 110 valence electrons. The van der Waals surface area contributed by atoms with Crippen molar-refractivity contribution in [2.45, 2.75) is 13.0 Å². The van der Waals surface area contributed by atoms with E-state index in [1.807, 2.05) is 6.07 Å². The number of nitrogens with one attached hydrogen (secondary N) is 1. The molecule has 21 heavy (non-hydrogen) atoms. The third-order valence-corrected chi connectivity index (χ3v) is 2.77. The molecule has 1 amide bonds. The Morgan fingerprint density at radius 2 is 2.00 bits per heavy atom. The monoisotopic (exact) mass is 289 g/mol. The first-order valence-electron chi connectivity index (χ1n) is 6.32. The van der Waals surface area contributed by atoms with Gasteiger partial charge < -0.3 is 16.2 Å². The van der Waals surface area contributed by atoms with Crippen LogP contribution >= 0.6 is 0 Å². The minimum atomic E-state index is -1.19. The number of nitrogens with zero attached hydrogens (tertiary/aromatic N) is 3. The summed E-state index contributed by atoms with van der Waals surface area (Å²) in [6.07, 6.45) is 0.285. The van der Waals surface area contributed by atoms with Gasteiger partial charge in [0.15, 0.2) is 5.69 Å². The molecular formula is C13H15N5O3. The van der Waals surface area contributed by atoms with E-state index >= 15 is 0 Å². The summed E-state index contributed by atoms with van der Waals surface area (Å²) in [6.45, 7) is 0.123. The number of anilines is 1. The van der Waals surface area contributed by atoms with Crippen LogP contribution in [0, 0.1) is 0 Å². The molecule has 0 atom stereocenters. The van der Waals surface area contributed by atoms with E-state index < -0.39 is 5.97 Å². The quantitative estimate of drug-likeness (QED) is 0.694. The molecule has 0 aliphatic rings. The number of aromatic nitrogens is 3. The second kappa shape index (κ2) is 6.62. The average molecular weight is 289 g/mol. The van der Waals surface area contributed by atoms with Crippen LogP contribution in [-0.2, 0) is 17.8 Å². The number of carbonyl (C=O) groups excluding carboxylic acids is 1. The van der Waals surface area contributed by atoms with Crippen molar-refractivity contribution in [2.75, 3.05) is 11.9 Å². The Morgan fingerprint density at radius 1 is 1.29 bits per heavy atom. The lowest BCUT2D eigenvalue weighted by Crippen LogP contribution is -2.22. The Balaban J connectivity index is 2.12. The van der Waals surface area contributed by atoms with Crippen LogP contribution in [0.4, 0.5) is 5.69 Å². The zero-order valence-corrected chi connectivity index (χ0v) is 11.2. The molecule has 0 fully saturated rings. The topological polar surface area (TPSA) is 123 Å². The maximum Gasteiger partial charge on any atom is 0.358 e. The summed E-state index contributed by atoms with van der Waals surface area (Å²) in [7, 11) is 0. The number of nitrogens with two attached hydrogens (primary N) is 1. The van der Waals surface area contributed by atoms with Gasteiger partial charge in [-0.2, -0.15) is 0 Å². The Morgan fingerprint density at radius 3 is 2.62 bits per heavy atom. The SMILES string of the molecule is NCCc1c(C(=O)O)nnn1CC(=O)Nc1ccccc1. The fraction of sp³-hybridized carbons (Fsp3) is 0.231. The highest BCUT2D eigenvalue weighted by molar-refractivity contribution is 5.91. The number of para-hydroxylation sites is 1. The fourth-order valence-corrected chi connectivity index (χ4v) is 1.87. The van der Waals surface area contributed by atoms with Gasteiger partial charge in [-0.25, -0.2) is 9.48 Å². The zero-order chi connectivity index (χ0) is 15.2. The molecule has 4 N–H and O–H groups in total. The van der Waals surface area contributed by atoms with Crippen molar-refractivity contribution in [3.05, 3.63) is 41.7 Å². The molecule has 2 rings (SSSR count). The van der Waals surface area contributed by atoms with Gasteiger partial charge >= 0.3 is 5.97 Å². The number of hydrogen-bond donors (Lipinski definition) is 3. The van der Waals surface area contributed by atoms with Gasteiger partial charge in [0.1, 0.15) is 6.54 Å². The van der Waals surface area contributed by atoms with Crippen LogP contribution in [0.1, 0.15) is 16.2 Å². The first-order chi connectivity index (χ1) is 10.1. The summed E-state index contributed by atoms with van der Waals surface area (Å²) < 4.78 is 1.26. The summed E-state index contributed by atoms with van der Waals surface area (Å²) in [5.41, 5.74) is 6.27. The van der Waals surface area contributed by atoms with Crippen LogP contribution in [0.25, 0.3) is 0 Å². The molecule has 8 nitrogen and oxygen atoms in total. The van der Waals surface area contributed by atoms with E-state index in [2.05, 4.69) is 15.6 Å². The summed E-state index contributed by atoms with van der Waals surface area (Å²) in [4.78, 5) is 23.0. The first-order valence-corrected chi connectivity index (χ1v) is 6.32. The zero-order valence-electron chi connectivity index (χ0n) is 11.2. The van der Waals surface area contributed by atoms with Crippen LogP contribution in [0.2, 0.25) is 0 Å². The highest BCUT2D eigenvalue weighted by Crippen LogP contribution is 2.08. The Bertz CT molecular complexity index is 639. The van der Waals surface area contributed by atoms with Crippen molar-refractivity contribution in [1.29, 1.82) is 0 Å². The molecule has 0 bridgehead atoms. The van der Waals surface area contributed by atoms with Gasteiger partial charge in [-0.3, -0.25) is 4.79 Å². The maximum atomic E-state index is 11.9. The van der Waals surface area contributed by atoms with Crippen molar-refractivity contribution < 1.29 is 14.7 Å². The van der Waals surface area contributed by atoms with E-state index in [1.165, 1.54) is 4.68 Å². The van der Waals surface area contributed by atoms with E-state index in [1.54, 1.807) is 24.3 Å². The molecule has 1 aromatic heterocycles. The highest BCUT2D eigenvalue weighted by atomic mass is 16.4. The van der Waals surface area contributed by atoms with Crippen LogP contribution in [-0.4, -0.2) is 38.5 Å². The normalized spacial score (nSPS) is 10.3. The van der Waals surface area contributed by atoms with E-state index in [-0.39, 0.29) is 31.1 Å². The van der Waals surface area contributed by atoms with Gasteiger partial charge in [0.2, 0.25) is 5.91 Å². The minimum Gasteiger partial charge on any atom is -0.476 e. The van der Waals surface area contributed by atoms with Crippen molar-refractivity contribution in [1.82, 2.24) is 15.0 Å². The Kier molecular flexibility index (Phi) is 4.62. The maximum absolute atomic E-state index is 11.9. The number of hydrogen-bond acceptors (Lipinski definition) is 5. The average Bonchev–Trinajstić information content (AvgIpc) is 2.83. The molecule has 0 aliphatic heterocycles. The minimum absolute atomic E-state index is 0.121. The largest absolute Gasteiger partial charge is 0.476 e. The number of aromatic carboxylic acids is 1. The van der Waals surface area contributed by atoms with Gasteiger partial charge in [0.25, 0.3) is 0 Å². The summed E-state index contributed by atoms with van der Waals surface area (Å²) >= 11 is 0. The predicted octanol–water partition coefficient (Wildman–Crippen LogP) is 0.116. The molecule has 2 aromatic rings. The number of carbonyl (C=O) groups is 2. The molecule has 0 spiro atoms. The van der Waals surface area contributed by atoms with Crippen molar-refractivity contribution in [3.63, 3.8) is 0 Å². The van der Waals surface area contributed by atoms with Gasteiger partial charge in [0.05, 0.1) is 5.69 Å². The van der Waals surface area contributed by atoms with E-state index in [9.17, 15) is 9.59 Å². The van der Waals surface area contributed by atoms with Gasteiger partial charge in [0, 0.05) is 12.1 Å². The van der Waals surface area contributed by atoms with Crippen molar-refractivity contribution in [3.8, 4) is 0 Å². The lowest BCUT2D eigenvalue weighted by atomic mass is 10.2. The fourth-order valence-electron chi connectivity index (χ4n) is 1.87. The molecule has 0 aliphatic carbocycles. The highest BCUT2D eigenvalue weighted by Gasteiger charge is 2.19. The summed E-state index contributed by atoms with van der Waals surface area (Å²) in [5, 5.41) is 19.0. The molecular weight excluding hydrogens is 274 g/mol. The third kappa shape index (κ3) is 3.63. The number of rotatable bonds is 6. The number of benzene rings is 1. The lowest BCUT2D eigenvalue weighted by molar-refractivity contribution is -0.117. The van der Waals surface area contributed by atoms with Crippen molar-refractivity contribution >= 4 is 17.6 Å². The molecule has 1 heterocycles. The van der Waals surface area contributed by atoms with E-state index in [4.69, 9.17) is 10.8 Å². The van der Waals surface area contributed by atoms with Crippen LogP contribution in [0.3, 0.4) is 0 Å². The predicted molar refractivity (Wildman–Crippen MR) is 74.8 cm³/mol. The molecule has 0 saturated carbocycles. The third-order valence-electron chi connectivity index (χ3n) is 2.77. The standard InChI is InChI=1S/C13H15N5O3/c14-7-6-10-12(13(20)21)16-17-18(10)8-11(19)15-9-4-2-1-3-5-9/h1-5H,6-8,14H2,(H,15,19)(H,20,21). The molecule has 0 unspecified atom stereocenters. The van der Waals surface area contributed by atoms with E-state index in [0.29, 0.717) is 11.4 Å². The van der Waals surface area contributed by atoms with Crippen LogP contribution < -0.4 is 11.1 Å². The molecule has 8 heteroatoms. The Hall–Kier alpha value is -2.74. The number of carboxylic acid groups (broad SMARTS) is 1. The van der Waals surface area contributed by atoms with E-state index in [0.717, 1.165) is 0 Å². The molecule has 0 saturated heterocycles. The number of amides is 1. The summed E-state index contributed by atoms with van der Waals surface area (Å²) in [6, 6.07) is 8.94. The summed E-state index contributed by atoms with van der Waals surface area (Å²) in [5.74, 6) is -1.51. The molecule has 0 radical (unpaired) electrons. The number of carboxylic acids is 1. The first kappa shape index (κ1) is 14.7. The van der Waals surface area contributed by atoms with Gasteiger partial charge in [-0.15, -0.1) is 5.10 Å². The van der Waals surface area contributed by atoms with Gasteiger partial charge in [-0.1, -0.05) is 23.4 Å². The second-order valence-corrected chi connectivity index (χ2v) is 4.30. The molecule has 1 aromatic carbocycles.